The Morgan fingerprint density at radius 1 is 1.04 bits per heavy atom. The Bertz CT molecular complexity index is 586. The van der Waals surface area contributed by atoms with Crippen molar-refractivity contribution in [3.05, 3.63) is 71.8 Å². The van der Waals surface area contributed by atoms with Crippen molar-refractivity contribution in [1.82, 2.24) is 5.32 Å². The molecule has 23 heavy (non-hydrogen) atoms. The van der Waals surface area contributed by atoms with Gasteiger partial charge >= 0.3 is 6.09 Å². The highest BCUT2D eigenvalue weighted by Gasteiger charge is 2.21. The zero-order chi connectivity index (χ0) is 16.5. The van der Waals surface area contributed by atoms with Crippen molar-refractivity contribution >= 4 is 6.09 Å². The van der Waals surface area contributed by atoms with E-state index in [1.807, 2.05) is 67.6 Å². The van der Waals surface area contributed by atoms with Crippen molar-refractivity contribution in [3.63, 3.8) is 0 Å². The predicted octanol–water partition coefficient (Wildman–Crippen LogP) is 3.30. The number of amides is 1. The Hall–Kier alpha value is -2.33. The van der Waals surface area contributed by atoms with Gasteiger partial charge in [0.25, 0.3) is 0 Å². The van der Waals surface area contributed by atoms with E-state index in [0.29, 0.717) is 12.8 Å². The lowest BCUT2D eigenvalue weighted by atomic mass is 10.00. The molecule has 0 aliphatic rings. The van der Waals surface area contributed by atoms with Gasteiger partial charge < -0.3 is 15.2 Å². The molecule has 0 saturated carbocycles. The minimum atomic E-state index is -0.612. The molecule has 2 aromatic rings. The van der Waals surface area contributed by atoms with Crippen LogP contribution in [0.3, 0.4) is 0 Å². The SMILES string of the molecule is CC[C@H](O)[C@H](Cc1ccccc1)NC(=O)OCc1ccccc1. The molecule has 0 bridgehead atoms. The molecule has 0 aliphatic carbocycles. The van der Waals surface area contributed by atoms with E-state index < -0.39 is 12.2 Å². The van der Waals surface area contributed by atoms with Crippen LogP contribution in [0, 0.1) is 0 Å². The van der Waals surface area contributed by atoms with Gasteiger partial charge in [-0.05, 0) is 24.0 Å². The van der Waals surface area contributed by atoms with Gasteiger partial charge in [-0.2, -0.15) is 0 Å². The topological polar surface area (TPSA) is 58.6 Å². The summed E-state index contributed by atoms with van der Waals surface area (Å²) >= 11 is 0. The average molecular weight is 313 g/mol. The number of carbonyl (C=O) groups is 1. The van der Waals surface area contributed by atoms with Gasteiger partial charge in [0.1, 0.15) is 6.61 Å². The van der Waals surface area contributed by atoms with Crippen LogP contribution in [-0.2, 0) is 17.8 Å². The number of hydrogen-bond acceptors (Lipinski definition) is 3. The number of aliphatic hydroxyl groups excluding tert-OH is 1. The second-order valence-electron chi connectivity index (χ2n) is 5.48. The Morgan fingerprint density at radius 3 is 2.17 bits per heavy atom. The maximum Gasteiger partial charge on any atom is 0.407 e. The maximum absolute atomic E-state index is 12.0. The molecule has 0 fully saturated rings. The Balaban J connectivity index is 1.90. The summed E-state index contributed by atoms with van der Waals surface area (Å²) in [5, 5.41) is 12.9. The van der Waals surface area contributed by atoms with Crippen LogP contribution in [0.4, 0.5) is 4.79 Å². The fourth-order valence-corrected chi connectivity index (χ4v) is 2.35. The largest absolute Gasteiger partial charge is 0.445 e. The van der Waals surface area contributed by atoms with Gasteiger partial charge in [-0.15, -0.1) is 0 Å². The number of aliphatic hydroxyl groups is 1. The zero-order valence-electron chi connectivity index (χ0n) is 13.3. The monoisotopic (exact) mass is 313 g/mol. The third-order valence-corrected chi connectivity index (χ3v) is 3.70. The molecule has 4 heteroatoms. The number of alkyl carbamates (subject to hydrolysis) is 1. The van der Waals surface area contributed by atoms with Crippen LogP contribution in [0.1, 0.15) is 24.5 Å². The molecule has 2 aromatic carbocycles. The first-order valence-electron chi connectivity index (χ1n) is 7.88. The van der Waals surface area contributed by atoms with Gasteiger partial charge in [0.05, 0.1) is 12.1 Å². The Labute approximate surface area is 137 Å². The highest BCUT2D eigenvalue weighted by Crippen LogP contribution is 2.09. The summed E-state index contributed by atoms with van der Waals surface area (Å²) in [4.78, 5) is 12.0. The fraction of sp³-hybridized carbons (Fsp3) is 0.316. The summed E-state index contributed by atoms with van der Waals surface area (Å²) in [7, 11) is 0. The van der Waals surface area contributed by atoms with Crippen LogP contribution < -0.4 is 5.32 Å². The van der Waals surface area contributed by atoms with Crippen molar-refractivity contribution in [3.8, 4) is 0 Å². The number of rotatable bonds is 7. The summed E-state index contributed by atoms with van der Waals surface area (Å²) in [5.41, 5.74) is 1.99. The van der Waals surface area contributed by atoms with E-state index in [1.54, 1.807) is 0 Å². The summed E-state index contributed by atoms with van der Waals surface area (Å²) < 4.78 is 5.23. The molecule has 1 amide bonds. The van der Waals surface area contributed by atoms with Crippen LogP contribution in [0.15, 0.2) is 60.7 Å². The third-order valence-electron chi connectivity index (χ3n) is 3.70. The molecule has 4 nitrogen and oxygen atoms in total. The van der Waals surface area contributed by atoms with Crippen molar-refractivity contribution in [2.24, 2.45) is 0 Å². The number of carbonyl (C=O) groups excluding carboxylic acids is 1. The van der Waals surface area contributed by atoms with Crippen molar-refractivity contribution < 1.29 is 14.6 Å². The van der Waals surface area contributed by atoms with Gasteiger partial charge in [0.15, 0.2) is 0 Å². The van der Waals surface area contributed by atoms with E-state index in [1.165, 1.54) is 0 Å². The van der Waals surface area contributed by atoms with Gasteiger partial charge in [-0.1, -0.05) is 67.6 Å². The molecule has 2 rings (SSSR count). The summed E-state index contributed by atoms with van der Waals surface area (Å²) in [6, 6.07) is 18.9. The third kappa shape index (κ3) is 5.75. The van der Waals surface area contributed by atoms with Crippen molar-refractivity contribution in [2.45, 2.75) is 38.5 Å². The van der Waals surface area contributed by atoms with E-state index in [9.17, 15) is 9.90 Å². The van der Waals surface area contributed by atoms with E-state index >= 15 is 0 Å². The van der Waals surface area contributed by atoms with Gasteiger partial charge in [-0.3, -0.25) is 0 Å². The quantitative estimate of drug-likeness (QED) is 0.824. The molecular weight excluding hydrogens is 290 g/mol. The lowest BCUT2D eigenvalue weighted by Gasteiger charge is -2.23. The molecule has 122 valence electrons. The Kier molecular flexibility index (Phi) is 6.63. The van der Waals surface area contributed by atoms with Crippen molar-refractivity contribution in [1.29, 1.82) is 0 Å². The Morgan fingerprint density at radius 2 is 1.61 bits per heavy atom. The van der Waals surface area contributed by atoms with E-state index in [0.717, 1.165) is 11.1 Å². The van der Waals surface area contributed by atoms with Gasteiger partial charge in [0.2, 0.25) is 0 Å². The maximum atomic E-state index is 12.0. The first-order valence-corrected chi connectivity index (χ1v) is 7.88. The summed E-state index contributed by atoms with van der Waals surface area (Å²) in [6.07, 6.45) is 0.00833. The number of benzene rings is 2. The standard InChI is InChI=1S/C19H23NO3/c1-2-18(21)17(13-15-9-5-3-6-10-15)20-19(22)23-14-16-11-7-4-8-12-16/h3-12,17-18,21H,2,13-14H2,1H3,(H,20,22)/t17-,18-/m0/s1. The normalized spacial score (nSPS) is 13.1. The van der Waals surface area contributed by atoms with Gasteiger partial charge in [0, 0.05) is 0 Å². The fourth-order valence-electron chi connectivity index (χ4n) is 2.35. The molecule has 0 spiro atoms. The van der Waals surface area contributed by atoms with Gasteiger partial charge in [-0.25, -0.2) is 4.79 Å². The lowest BCUT2D eigenvalue weighted by Crippen LogP contribution is -2.44. The van der Waals surface area contributed by atoms with E-state index in [4.69, 9.17) is 4.74 Å². The second-order valence-corrected chi connectivity index (χ2v) is 5.48. The van der Waals surface area contributed by atoms with Crippen molar-refractivity contribution in [2.75, 3.05) is 0 Å². The summed E-state index contributed by atoms with van der Waals surface area (Å²) in [5.74, 6) is 0. The molecule has 0 saturated heterocycles. The molecule has 0 unspecified atom stereocenters. The molecule has 2 N–H and O–H groups in total. The van der Waals surface area contributed by atoms with Crippen LogP contribution in [0.5, 0.6) is 0 Å². The molecule has 0 aliphatic heterocycles. The number of ether oxygens (including phenoxy) is 1. The van der Waals surface area contributed by atoms with Crippen LogP contribution >= 0.6 is 0 Å². The predicted molar refractivity (Wildman–Crippen MR) is 90.0 cm³/mol. The zero-order valence-corrected chi connectivity index (χ0v) is 13.3. The van der Waals surface area contributed by atoms with E-state index in [-0.39, 0.29) is 12.6 Å². The highest BCUT2D eigenvalue weighted by molar-refractivity contribution is 5.67. The first-order chi connectivity index (χ1) is 11.2. The minimum Gasteiger partial charge on any atom is -0.445 e. The smallest absolute Gasteiger partial charge is 0.407 e. The molecule has 0 aromatic heterocycles. The van der Waals surface area contributed by atoms with Crippen LogP contribution in [-0.4, -0.2) is 23.3 Å². The van der Waals surface area contributed by atoms with E-state index in [2.05, 4.69) is 5.32 Å². The number of nitrogens with one attached hydrogen (secondary N) is 1. The minimum absolute atomic E-state index is 0.215. The highest BCUT2D eigenvalue weighted by atomic mass is 16.5. The number of hydrogen-bond donors (Lipinski definition) is 2. The van der Waals surface area contributed by atoms with Crippen LogP contribution in [0.25, 0.3) is 0 Å². The first kappa shape index (κ1) is 17.0. The molecule has 2 atom stereocenters. The molecule has 0 radical (unpaired) electrons. The average Bonchev–Trinajstić information content (AvgIpc) is 2.60. The lowest BCUT2D eigenvalue weighted by molar-refractivity contribution is 0.0992. The van der Waals surface area contributed by atoms with Crippen LogP contribution in [0.2, 0.25) is 0 Å². The second kappa shape index (κ2) is 8.96. The molecule has 0 heterocycles. The summed E-state index contributed by atoms with van der Waals surface area (Å²) in [6.45, 7) is 2.10. The molecular formula is C19H23NO3.